The van der Waals surface area contributed by atoms with Gasteiger partial charge < -0.3 is 14.5 Å². The molecule has 0 radical (unpaired) electrons. The fourth-order valence-electron chi connectivity index (χ4n) is 7.07. The summed E-state index contributed by atoms with van der Waals surface area (Å²) in [5, 5.41) is 0.874. The minimum atomic E-state index is -0.600. The molecule has 2 aromatic rings. The molecule has 3 aliphatic rings. The Balaban J connectivity index is 1.49. The van der Waals surface area contributed by atoms with Crippen molar-refractivity contribution >= 4 is 23.0 Å². The lowest BCUT2D eigenvalue weighted by Crippen LogP contribution is -2.54. The minimum absolute atomic E-state index is 0.0579. The molecule has 0 aromatic heterocycles. The van der Waals surface area contributed by atoms with Crippen LogP contribution in [0, 0.1) is 13.8 Å². The van der Waals surface area contributed by atoms with Crippen molar-refractivity contribution < 1.29 is 4.74 Å². The van der Waals surface area contributed by atoms with Gasteiger partial charge in [-0.1, -0.05) is 86.8 Å². The molecule has 0 amide bonds. The molecule has 1 unspecified atom stereocenters. The van der Waals surface area contributed by atoms with E-state index in [4.69, 9.17) is 16.3 Å². The van der Waals surface area contributed by atoms with E-state index in [9.17, 15) is 0 Å². The standard InChI is InChI=1S/C35H43ClN2O/c1-23-13-16-29-27(21-23)33(3,4)31(37(29)7)18-15-25-11-10-12-26(32(25)36)19-20-35(39-9)34(5,6)28-22-24(2)14-17-30(28)38(35)8/h13-22H,10-12H2,1-9H3/b20-19+,25-15+,31-18-. The summed E-state index contributed by atoms with van der Waals surface area (Å²) in [5.74, 6) is 0. The zero-order chi connectivity index (χ0) is 28.3. The van der Waals surface area contributed by atoms with Crippen molar-refractivity contribution in [2.75, 3.05) is 31.0 Å². The predicted molar refractivity (Wildman–Crippen MR) is 167 cm³/mol. The molecule has 1 atom stereocenters. The van der Waals surface area contributed by atoms with Crippen LogP contribution in [0.4, 0.5) is 11.4 Å². The number of benzene rings is 2. The third-order valence-electron chi connectivity index (χ3n) is 9.49. The minimum Gasteiger partial charge on any atom is -0.354 e. The molecule has 3 nitrogen and oxygen atoms in total. The van der Waals surface area contributed by atoms with Gasteiger partial charge in [-0.15, -0.1) is 0 Å². The van der Waals surface area contributed by atoms with Gasteiger partial charge in [-0.25, -0.2) is 0 Å². The van der Waals surface area contributed by atoms with E-state index in [1.54, 1.807) is 0 Å². The highest BCUT2D eigenvalue weighted by atomic mass is 35.5. The van der Waals surface area contributed by atoms with Crippen LogP contribution in [-0.2, 0) is 15.6 Å². The van der Waals surface area contributed by atoms with Gasteiger partial charge in [-0.2, -0.15) is 0 Å². The number of fused-ring (bicyclic) bond motifs is 2. The van der Waals surface area contributed by atoms with Gasteiger partial charge in [0.15, 0.2) is 5.72 Å². The van der Waals surface area contributed by atoms with E-state index < -0.39 is 5.72 Å². The predicted octanol–water partition coefficient (Wildman–Crippen LogP) is 8.84. The lowest BCUT2D eigenvalue weighted by atomic mass is 9.76. The number of ether oxygens (including phenoxy) is 1. The molecule has 1 aliphatic carbocycles. The molecule has 0 fully saturated rings. The van der Waals surface area contributed by atoms with Crippen molar-refractivity contribution in [2.24, 2.45) is 0 Å². The van der Waals surface area contributed by atoms with Crippen LogP contribution in [-0.4, -0.2) is 26.9 Å². The second-order valence-electron chi connectivity index (χ2n) is 12.6. The molecular weight excluding hydrogens is 500 g/mol. The number of hydrogen-bond donors (Lipinski definition) is 0. The largest absolute Gasteiger partial charge is 0.354 e. The van der Waals surface area contributed by atoms with Gasteiger partial charge >= 0.3 is 0 Å². The van der Waals surface area contributed by atoms with E-state index in [-0.39, 0.29) is 10.8 Å². The summed E-state index contributed by atoms with van der Waals surface area (Å²) >= 11 is 7.11. The Morgan fingerprint density at radius 1 is 0.872 bits per heavy atom. The van der Waals surface area contributed by atoms with Crippen molar-refractivity contribution in [3.63, 3.8) is 0 Å². The van der Waals surface area contributed by atoms with E-state index in [0.717, 1.165) is 24.3 Å². The van der Waals surface area contributed by atoms with Crippen LogP contribution in [0.2, 0.25) is 0 Å². The summed E-state index contributed by atoms with van der Waals surface area (Å²) in [5.41, 5.74) is 10.5. The number of nitrogens with zero attached hydrogens (tertiary/aromatic N) is 2. The van der Waals surface area contributed by atoms with Gasteiger partial charge in [-0.05, 0) is 79.7 Å². The van der Waals surface area contributed by atoms with E-state index in [0.29, 0.717) is 0 Å². The average Bonchev–Trinajstić information content (AvgIpc) is 3.18. The first kappa shape index (κ1) is 27.8. The van der Waals surface area contributed by atoms with Gasteiger partial charge in [0.25, 0.3) is 0 Å². The Kier molecular flexibility index (Phi) is 6.92. The van der Waals surface area contributed by atoms with Crippen LogP contribution >= 0.6 is 11.6 Å². The van der Waals surface area contributed by atoms with E-state index in [1.807, 2.05) is 7.11 Å². The fraction of sp³-hybridized carbons (Fsp3) is 0.429. The fourth-order valence-corrected chi connectivity index (χ4v) is 7.38. The molecule has 39 heavy (non-hydrogen) atoms. The highest BCUT2D eigenvalue weighted by Gasteiger charge is 2.55. The van der Waals surface area contributed by atoms with Crippen LogP contribution < -0.4 is 9.80 Å². The second-order valence-corrected chi connectivity index (χ2v) is 13.0. The number of likely N-dealkylation sites (N-methyl/N-ethyl adjacent to an activating group) is 2. The summed E-state index contributed by atoms with van der Waals surface area (Å²) < 4.78 is 6.33. The van der Waals surface area contributed by atoms with Gasteiger partial charge in [0.1, 0.15) is 0 Å². The summed E-state index contributed by atoms with van der Waals surface area (Å²) in [6.07, 6.45) is 12.0. The molecule has 0 saturated carbocycles. The quantitative estimate of drug-likeness (QED) is 0.383. The normalized spacial score (nSPS) is 25.8. The Morgan fingerprint density at radius 3 is 2.18 bits per heavy atom. The first-order valence-electron chi connectivity index (χ1n) is 14.1. The van der Waals surface area contributed by atoms with E-state index in [1.165, 1.54) is 50.5 Å². The van der Waals surface area contributed by atoms with Crippen LogP contribution in [0.1, 0.15) is 69.2 Å². The van der Waals surface area contributed by atoms with Gasteiger partial charge in [0.2, 0.25) is 0 Å². The Morgan fingerprint density at radius 2 is 1.51 bits per heavy atom. The molecule has 5 rings (SSSR count). The van der Waals surface area contributed by atoms with Crippen LogP contribution in [0.25, 0.3) is 0 Å². The number of halogens is 1. The van der Waals surface area contributed by atoms with Gasteiger partial charge in [0, 0.05) is 54.1 Å². The van der Waals surface area contributed by atoms with Crippen LogP contribution in [0.3, 0.4) is 0 Å². The molecule has 0 bridgehead atoms. The molecule has 4 heteroatoms. The first-order chi connectivity index (χ1) is 18.3. The summed E-state index contributed by atoms with van der Waals surface area (Å²) in [6, 6.07) is 13.4. The van der Waals surface area contributed by atoms with Crippen LogP contribution in [0.15, 0.2) is 82.6 Å². The molecular formula is C35H43ClN2O. The van der Waals surface area contributed by atoms with Gasteiger partial charge in [-0.3, -0.25) is 0 Å². The molecule has 2 aromatic carbocycles. The maximum atomic E-state index is 7.11. The number of allylic oxidation sites excluding steroid dienone is 7. The highest BCUT2D eigenvalue weighted by Crippen LogP contribution is 2.53. The molecule has 2 heterocycles. The van der Waals surface area contributed by atoms with Crippen molar-refractivity contribution in [1.29, 1.82) is 0 Å². The number of hydrogen-bond acceptors (Lipinski definition) is 3. The zero-order valence-corrected chi connectivity index (χ0v) is 25.8. The Bertz CT molecular complexity index is 1440. The topological polar surface area (TPSA) is 15.7 Å². The monoisotopic (exact) mass is 542 g/mol. The van der Waals surface area contributed by atoms with Crippen molar-refractivity contribution in [1.82, 2.24) is 0 Å². The number of methoxy groups -OCH3 is 1. The maximum absolute atomic E-state index is 7.11. The van der Waals surface area contributed by atoms with Gasteiger partial charge in [0.05, 0.1) is 0 Å². The highest BCUT2D eigenvalue weighted by molar-refractivity contribution is 6.32. The summed E-state index contributed by atoms with van der Waals surface area (Å²) in [4.78, 5) is 4.60. The molecule has 0 N–H and O–H groups in total. The van der Waals surface area contributed by atoms with E-state index >= 15 is 0 Å². The van der Waals surface area contributed by atoms with E-state index in [2.05, 4.69) is 126 Å². The molecule has 0 spiro atoms. The second kappa shape index (κ2) is 9.71. The Hall–Kier alpha value is -2.75. The third kappa shape index (κ3) is 4.21. The van der Waals surface area contributed by atoms with Crippen molar-refractivity contribution in [3.05, 3.63) is 105 Å². The SMILES string of the molecule is COC1(/C=C/C2=C(Cl)C(=C/C=C3\N(C)c4ccc(C)cc4C3(C)C)/CCC2)N(C)c2ccc(C)cc2C1(C)C. The molecule has 0 saturated heterocycles. The Labute approximate surface area is 240 Å². The first-order valence-corrected chi connectivity index (χ1v) is 14.5. The lowest BCUT2D eigenvalue weighted by molar-refractivity contribution is -0.0128. The average molecular weight is 543 g/mol. The van der Waals surface area contributed by atoms with Crippen LogP contribution in [0.5, 0.6) is 0 Å². The molecule has 2 aliphatic heterocycles. The smallest absolute Gasteiger partial charge is 0.169 e. The van der Waals surface area contributed by atoms with Crippen molar-refractivity contribution in [2.45, 2.75) is 77.4 Å². The maximum Gasteiger partial charge on any atom is 0.169 e. The summed E-state index contributed by atoms with van der Waals surface area (Å²) in [7, 11) is 6.11. The molecule has 206 valence electrons. The zero-order valence-electron chi connectivity index (χ0n) is 25.1. The third-order valence-corrected chi connectivity index (χ3v) is 9.97. The lowest BCUT2D eigenvalue weighted by Gasteiger charge is -2.43. The number of anilines is 2. The number of rotatable bonds is 4. The summed E-state index contributed by atoms with van der Waals surface area (Å²) in [6.45, 7) is 13.5. The number of aryl methyl sites for hydroxylation is 2. The van der Waals surface area contributed by atoms with Crippen molar-refractivity contribution in [3.8, 4) is 0 Å².